The van der Waals surface area contributed by atoms with Crippen molar-refractivity contribution in [2.45, 2.75) is 13.2 Å². The largest absolute Gasteiger partial charge is 0.346 e. The molecule has 0 N–H and O–H groups in total. The lowest BCUT2D eigenvalue weighted by atomic mass is 10.1. The molecule has 0 radical (unpaired) electrons. The highest BCUT2D eigenvalue weighted by atomic mass is 79.9. The van der Waals surface area contributed by atoms with Crippen LogP contribution in [0.5, 0.6) is 0 Å². The summed E-state index contributed by atoms with van der Waals surface area (Å²) in [5.41, 5.74) is 2.02. The molecule has 4 heteroatoms. The lowest BCUT2D eigenvalue weighted by Gasteiger charge is -2.14. The molecule has 1 aromatic carbocycles. The second-order valence-corrected chi connectivity index (χ2v) is 4.37. The van der Waals surface area contributed by atoms with Crippen LogP contribution in [0.1, 0.15) is 17.4 Å². The third-order valence-electron chi connectivity index (χ3n) is 2.18. The number of benzene rings is 1. The predicted octanol–water partition coefficient (Wildman–Crippen LogP) is 3.46. The monoisotopic (exact) mass is 276 g/mol. The van der Waals surface area contributed by atoms with Crippen LogP contribution in [0, 0.1) is 6.92 Å². The first-order valence-corrected chi connectivity index (χ1v) is 5.55. The van der Waals surface area contributed by atoms with Gasteiger partial charge in [-0.05, 0) is 34.5 Å². The second-order valence-electron chi connectivity index (χ2n) is 3.17. The van der Waals surface area contributed by atoms with E-state index < -0.39 is 0 Å². The smallest absolute Gasteiger partial charge is 0.186 e. The van der Waals surface area contributed by atoms with Gasteiger partial charge in [-0.1, -0.05) is 17.7 Å². The van der Waals surface area contributed by atoms with Crippen molar-refractivity contribution < 1.29 is 9.47 Å². The molecule has 0 spiro atoms. The summed E-state index contributed by atoms with van der Waals surface area (Å²) in [7, 11) is 0. The maximum atomic E-state index is 6.09. The van der Waals surface area contributed by atoms with E-state index >= 15 is 0 Å². The van der Waals surface area contributed by atoms with Crippen molar-refractivity contribution in [3.05, 3.63) is 32.8 Å². The number of hydrogen-bond donors (Lipinski definition) is 0. The molecular formula is C10H10BrClO2. The lowest BCUT2D eigenvalue weighted by Crippen LogP contribution is -2.01. The van der Waals surface area contributed by atoms with Gasteiger partial charge in [0.2, 0.25) is 0 Å². The Labute approximate surface area is 96.3 Å². The highest BCUT2D eigenvalue weighted by molar-refractivity contribution is 9.10. The van der Waals surface area contributed by atoms with E-state index in [1.807, 2.05) is 19.1 Å². The van der Waals surface area contributed by atoms with Gasteiger partial charge in [0.15, 0.2) is 6.29 Å². The Kier molecular flexibility index (Phi) is 3.12. The summed E-state index contributed by atoms with van der Waals surface area (Å²) in [6.07, 6.45) is -0.322. The SMILES string of the molecule is Cc1ccc(Cl)c(C2OCCO2)c1Br. The van der Waals surface area contributed by atoms with Crippen LogP contribution in [0.3, 0.4) is 0 Å². The minimum absolute atomic E-state index is 0.322. The lowest BCUT2D eigenvalue weighted by molar-refractivity contribution is -0.0445. The van der Waals surface area contributed by atoms with Crippen LogP contribution < -0.4 is 0 Å². The van der Waals surface area contributed by atoms with Crippen molar-refractivity contribution in [2.75, 3.05) is 13.2 Å². The summed E-state index contributed by atoms with van der Waals surface area (Å²) in [5.74, 6) is 0. The predicted molar refractivity (Wildman–Crippen MR) is 58.5 cm³/mol. The van der Waals surface area contributed by atoms with E-state index in [4.69, 9.17) is 21.1 Å². The zero-order valence-electron chi connectivity index (χ0n) is 7.72. The Bertz CT molecular complexity index is 348. The van der Waals surface area contributed by atoms with Crippen LogP contribution in [-0.2, 0) is 9.47 Å². The minimum atomic E-state index is -0.322. The van der Waals surface area contributed by atoms with Crippen molar-refractivity contribution in [3.63, 3.8) is 0 Å². The van der Waals surface area contributed by atoms with Crippen molar-refractivity contribution in [1.29, 1.82) is 0 Å². The molecule has 1 fully saturated rings. The fourth-order valence-corrected chi connectivity index (χ4v) is 2.31. The number of halogens is 2. The van der Waals surface area contributed by atoms with E-state index in [1.165, 1.54) is 0 Å². The molecule has 0 unspecified atom stereocenters. The normalized spacial score (nSPS) is 17.6. The van der Waals surface area contributed by atoms with Gasteiger partial charge >= 0.3 is 0 Å². The van der Waals surface area contributed by atoms with Gasteiger partial charge in [0, 0.05) is 15.1 Å². The average molecular weight is 278 g/mol. The molecule has 1 saturated heterocycles. The summed E-state index contributed by atoms with van der Waals surface area (Å²) in [4.78, 5) is 0. The molecule has 0 atom stereocenters. The summed E-state index contributed by atoms with van der Waals surface area (Å²) in [6.45, 7) is 3.27. The second kappa shape index (κ2) is 4.19. The molecule has 1 aliphatic rings. The average Bonchev–Trinajstić information content (AvgIpc) is 2.65. The van der Waals surface area contributed by atoms with Gasteiger partial charge in [-0.3, -0.25) is 0 Å². The van der Waals surface area contributed by atoms with Gasteiger partial charge < -0.3 is 9.47 Å². The number of hydrogen-bond acceptors (Lipinski definition) is 2. The van der Waals surface area contributed by atoms with Crippen molar-refractivity contribution in [1.82, 2.24) is 0 Å². The quantitative estimate of drug-likeness (QED) is 0.783. The fraction of sp³-hybridized carbons (Fsp3) is 0.400. The third-order valence-corrected chi connectivity index (χ3v) is 3.56. The fourth-order valence-electron chi connectivity index (χ4n) is 1.42. The Hall–Kier alpha value is -0.0900. The van der Waals surface area contributed by atoms with Crippen LogP contribution in [0.4, 0.5) is 0 Å². The van der Waals surface area contributed by atoms with Gasteiger partial charge in [-0.2, -0.15) is 0 Å². The molecule has 0 saturated carbocycles. The third kappa shape index (κ3) is 1.82. The first-order valence-electron chi connectivity index (χ1n) is 4.38. The van der Waals surface area contributed by atoms with Crippen LogP contribution in [0.2, 0.25) is 5.02 Å². The summed E-state index contributed by atoms with van der Waals surface area (Å²) in [6, 6.07) is 3.83. The zero-order valence-corrected chi connectivity index (χ0v) is 10.1. The zero-order chi connectivity index (χ0) is 10.1. The van der Waals surface area contributed by atoms with Crippen molar-refractivity contribution in [2.24, 2.45) is 0 Å². The minimum Gasteiger partial charge on any atom is -0.346 e. The number of aryl methyl sites for hydroxylation is 1. The highest BCUT2D eigenvalue weighted by Gasteiger charge is 2.24. The van der Waals surface area contributed by atoms with Crippen LogP contribution in [0.25, 0.3) is 0 Å². The maximum Gasteiger partial charge on any atom is 0.186 e. The molecule has 2 rings (SSSR count). The van der Waals surface area contributed by atoms with Gasteiger partial charge in [0.1, 0.15) is 0 Å². The Morgan fingerprint density at radius 1 is 1.36 bits per heavy atom. The molecule has 0 aromatic heterocycles. The van der Waals surface area contributed by atoms with Crippen LogP contribution in [-0.4, -0.2) is 13.2 Å². The molecule has 1 aliphatic heterocycles. The summed E-state index contributed by atoms with van der Waals surface area (Å²) >= 11 is 9.59. The molecule has 14 heavy (non-hydrogen) atoms. The Morgan fingerprint density at radius 3 is 2.64 bits per heavy atom. The van der Waals surface area contributed by atoms with Crippen LogP contribution in [0.15, 0.2) is 16.6 Å². The van der Waals surface area contributed by atoms with E-state index in [0.29, 0.717) is 18.2 Å². The molecule has 0 bridgehead atoms. The maximum absolute atomic E-state index is 6.09. The van der Waals surface area contributed by atoms with Crippen molar-refractivity contribution >= 4 is 27.5 Å². The molecule has 0 amide bonds. The highest BCUT2D eigenvalue weighted by Crippen LogP contribution is 2.36. The van der Waals surface area contributed by atoms with Gasteiger partial charge in [-0.25, -0.2) is 0 Å². The topological polar surface area (TPSA) is 18.5 Å². The molecule has 1 aromatic rings. The van der Waals surface area contributed by atoms with Crippen molar-refractivity contribution in [3.8, 4) is 0 Å². The van der Waals surface area contributed by atoms with E-state index in [2.05, 4.69) is 15.9 Å². The first kappa shape index (κ1) is 10.4. The molecule has 1 heterocycles. The molecule has 0 aliphatic carbocycles. The van der Waals surface area contributed by atoms with Gasteiger partial charge in [0.05, 0.1) is 13.2 Å². The van der Waals surface area contributed by atoms with E-state index in [0.717, 1.165) is 15.6 Å². The van der Waals surface area contributed by atoms with E-state index in [1.54, 1.807) is 0 Å². The standard InChI is InChI=1S/C10H10BrClO2/c1-6-2-3-7(12)8(9(6)11)10-13-4-5-14-10/h2-3,10H,4-5H2,1H3. The molecular weight excluding hydrogens is 267 g/mol. The van der Waals surface area contributed by atoms with Crippen LogP contribution >= 0.6 is 27.5 Å². The summed E-state index contributed by atoms with van der Waals surface area (Å²) < 4.78 is 11.8. The number of ether oxygens (including phenoxy) is 2. The van der Waals surface area contributed by atoms with E-state index in [9.17, 15) is 0 Å². The Morgan fingerprint density at radius 2 is 2.00 bits per heavy atom. The Balaban J connectivity index is 2.44. The molecule has 2 nitrogen and oxygen atoms in total. The first-order chi connectivity index (χ1) is 6.70. The molecule has 76 valence electrons. The van der Waals surface area contributed by atoms with Gasteiger partial charge in [-0.15, -0.1) is 0 Å². The van der Waals surface area contributed by atoms with Gasteiger partial charge in [0.25, 0.3) is 0 Å². The van der Waals surface area contributed by atoms with E-state index in [-0.39, 0.29) is 6.29 Å². The summed E-state index contributed by atoms with van der Waals surface area (Å²) in [5, 5.41) is 0.675. The number of rotatable bonds is 1.